The summed E-state index contributed by atoms with van der Waals surface area (Å²) >= 11 is 5.77. The van der Waals surface area contributed by atoms with Gasteiger partial charge in [0.2, 0.25) is 0 Å². The Morgan fingerprint density at radius 3 is 2.30 bits per heavy atom. The molecule has 2 amide bonds. The molecule has 7 heteroatoms. The molecule has 23 heavy (non-hydrogen) atoms. The quantitative estimate of drug-likeness (QED) is 0.817. The van der Waals surface area contributed by atoms with Gasteiger partial charge in [0, 0.05) is 10.7 Å². The van der Waals surface area contributed by atoms with Gasteiger partial charge in [-0.3, -0.25) is 5.32 Å². The molecule has 0 unspecified atom stereocenters. The van der Waals surface area contributed by atoms with Crippen LogP contribution in [0.25, 0.3) is 0 Å². The molecular formula is C16H23ClN2O4. The van der Waals surface area contributed by atoms with Crippen LogP contribution in [0.5, 0.6) is 0 Å². The number of hydrogen-bond acceptors (Lipinski definition) is 4. The molecule has 0 aliphatic carbocycles. The van der Waals surface area contributed by atoms with E-state index in [0.717, 1.165) is 0 Å². The van der Waals surface area contributed by atoms with Gasteiger partial charge in [-0.25, -0.2) is 9.59 Å². The smallest absolute Gasteiger partial charge is 0.411 e. The number of halogens is 1. The van der Waals surface area contributed by atoms with Crippen molar-refractivity contribution in [1.29, 1.82) is 0 Å². The maximum Gasteiger partial charge on any atom is 0.411 e. The van der Waals surface area contributed by atoms with Gasteiger partial charge in [-0.2, -0.15) is 0 Å². The second-order valence-electron chi connectivity index (χ2n) is 6.21. The standard InChI is InChI=1S/C16H23ClN2O4/c1-11(2)9-22-15(21)19-16(3,4)10-23-14(20)18-13-7-5-12(17)6-8-13/h5-8,11H,9-10H2,1-4H3,(H,18,20)(H,19,21). The van der Waals surface area contributed by atoms with Gasteiger partial charge in [0.1, 0.15) is 6.61 Å². The molecule has 1 rings (SSSR count). The zero-order valence-electron chi connectivity index (χ0n) is 13.8. The van der Waals surface area contributed by atoms with Gasteiger partial charge in [-0.05, 0) is 44.0 Å². The number of alkyl carbamates (subject to hydrolysis) is 1. The fourth-order valence-corrected chi connectivity index (χ4v) is 1.65. The highest BCUT2D eigenvalue weighted by Gasteiger charge is 2.23. The maximum absolute atomic E-state index is 11.7. The van der Waals surface area contributed by atoms with E-state index in [4.69, 9.17) is 21.1 Å². The Kier molecular flexibility index (Phi) is 7.16. The highest BCUT2D eigenvalue weighted by Crippen LogP contribution is 2.14. The molecule has 2 N–H and O–H groups in total. The third-order valence-electron chi connectivity index (χ3n) is 2.64. The predicted octanol–water partition coefficient (Wildman–Crippen LogP) is 4.05. The van der Waals surface area contributed by atoms with Crippen molar-refractivity contribution in [3.63, 3.8) is 0 Å². The van der Waals surface area contributed by atoms with E-state index < -0.39 is 17.7 Å². The Labute approximate surface area is 141 Å². The van der Waals surface area contributed by atoms with Gasteiger partial charge in [-0.15, -0.1) is 0 Å². The van der Waals surface area contributed by atoms with Crippen molar-refractivity contribution >= 4 is 29.5 Å². The van der Waals surface area contributed by atoms with E-state index >= 15 is 0 Å². The van der Waals surface area contributed by atoms with Crippen molar-refractivity contribution in [3.05, 3.63) is 29.3 Å². The summed E-state index contributed by atoms with van der Waals surface area (Å²) in [5.41, 5.74) is -0.174. The molecule has 0 aromatic heterocycles. The molecule has 0 atom stereocenters. The summed E-state index contributed by atoms with van der Waals surface area (Å²) in [4.78, 5) is 23.4. The normalized spacial score (nSPS) is 11.0. The summed E-state index contributed by atoms with van der Waals surface area (Å²) in [5, 5.41) is 5.80. The van der Waals surface area contributed by atoms with Gasteiger partial charge in [0.25, 0.3) is 0 Å². The summed E-state index contributed by atoms with van der Waals surface area (Å²) in [6.07, 6.45) is -1.15. The summed E-state index contributed by atoms with van der Waals surface area (Å²) in [6, 6.07) is 6.65. The van der Waals surface area contributed by atoms with E-state index in [1.165, 1.54) is 0 Å². The third-order valence-corrected chi connectivity index (χ3v) is 2.89. The number of anilines is 1. The summed E-state index contributed by atoms with van der Waals surface area (Å²) < 4.78 is 10.1. The molecule has 0 heterocycles. The minimum atomic E-state index is -0.745. The van der Waals surface area contributed by atoms with Crippen LogP contribution in [0.2, 0.25) is 5.02 Å². The summed E-state index contributed by atoms with van der Waals surface area (Å²) in [5.74, 6) is 0.255. The molecule has 6 nitrogen and oxygen atoms in total. The van der Waals surface area contributed by atoms with E-state index in [2.05, 4.69) is 10.6 Å². The number of hydrogen-bond donors (Lipinski definition) is 2. The highest BCUT2D eigenvalue weighted by atomic mass is 35.5. The Hall–Kier alpha value is -1.95. The van der Waals surface area contributed by atoms with E-state index in [1.54, 1.807) is 38.1 Å². The van der Waals surface area contributed by atoms with Crippen molar-refractivity contribution in [2.24, 2.45) is 5.92 Å². The van der Waals surface area contributed by atoms with Crippen molar-refractivity contribution in [3.8, 4) is 0 Å². The Morgan fingerprint density at radius 1 is 1.13 bits per heavy atom. The third kappa shape index (κ3) is 8.30. The van der Waals surface area contributed by atoms with Crippen LogP contribution < -0.4 is 10.6 Å². The summed E-state index contributed by atoms with van der Waals surface area (Å²) in [6.45, 7) is 7.70. The molecule has 0 fully saturated rings. The monoisotopic (exact) mass is 342 g/mol. The average Bonchev–Trinajstić information content (AvgIpc) is 2.45. The minimum absolute atomic E-state index is 0.00318. The number of nitrogens with one attached hydrogen (secondary N) is 2. The number of benzene rings is 1. The van der Waals surface area contributed by atoms with E-state index in [9.17, 15) is 9.59 Å². The van der Waals surface area contributed by atoms with Gasteiger partial charge >= 0.3 is 12.2 Å². The van der Waals surface area contributed by atoms with Gasteiger partial charge in [0.15, 0.2) is 0 Å². The first kappa shape index (κ1) is 19.1. The van der Waals surface area contributed by atoms with E-state index in [1.807, 2.05) is 13.8 Å². The first-order valence-corrected chi connectivity index (χ1v) is 7.70. The minimum Gasteiger partial charge on any atom is -0.449 e. The molecule has 1 aromatic carbocycles. The molecule has 1 aromatic rings. The number of rotatable bonds is 6. The molecule has 128 valence electrons. The van der Waals surface area contributed by atoms with Crippen molar-refractivity contribution < 1.29 is 19.1 Å². The zero-order chi connectivity index (χ0) is 17.5. The number of ether oxygens (including phenoxy) is 2. The van der Waals surface area contributed by atoms with Crippen LogP contribution in [0.1, 0.15) is 27.7 Å². The molecule has 0 spiro atoms. The maximum atomic E-state index is 11.7. The van der Waals surface area contributed by atoms with Gasteiger partial charge < -0.3 is 14.8 Å². The predicted molar refractivity (Wildman–Crippen MR) is 89.8 cm³/mol. The van der Waals surface area contributed by atoms with E-state index in [-0.39, 0.29) is 12.5 Å². The average molecular weight is 343 g/mol. The first-order valence-electron chi connectivity index (χ1n) is 7.32. The van der Waals surface area contributed by atoms with Crippen molar-refractivity contribution in [2.45, 2.75) is 33.2 Å². The molecule has 0 saturated heterocycles. The fourth-order valence-electron chi connectivity index (χ4n) is 1.52. The van der Waals surface area contributed by atoms with Gasteiger partial charge in [-0.1, -0.05) is 25.4 Å². The lowest BCUT2D eigenvalue weighted by Crippen LogP contribution is -2.48. The lowest BCUT2D eigenvalue weighted by molar-refractivity contribution is 0.100. The Balaban J connectivity index is 2.37. The van der Waals surface area contributed by atoms with E-state index in [0.29, 0.717) is 17.3 Å². The second-order valence-corrected chi connectivity index (χ2v) is 6.65. The van der Waals surface area contributed by atoms with Crippen LogP contribution in [0, 0.1) is 5.92 Å². The fraction of sp³-hybridized carbons (Fsp3) is 0.500. The SMILES string of the molecule is CC(C)COC(=O)NC(C)(C)COC(=O)Nc1ccc(Cl)cc1. The van der Waals surface area contributed by atoms with Crippen LogP contribution in [0.3, 0.4) is 0 Å². The topological polar surface area (TPSA) is 76.7 Å². The lowest BCUT2D eigenvalue weighted by atomic mass is 10.1. The Bertz CT molecular complexity index is 529. The Morgan fingerprint density at radius 2 is 1.74 bits per heavy atom. The number of carbonyl (C=O) groups excluding carboxylic acids is 2. The highest BCUT2D eigenvalue weighted by molar-refractivity contribution is 6.30. The van der Waals surface area contributed by atoms with Crippen LogP contribution in [-0.4, -0.2) is 30.9 Å². The second kappa shape index (κ2) is 8.62. The van der Waals surface area contributed by atoms with Crippen molar-refractivity contribution in [2.75, 3.05) is 18.5 Å². The number of amides is 2. The van der Waals surface area contributed by atoms with Gasteiger partial charge in [0.05, 0.1) is 12.1 Å². The number of carbonyl (C=O) groups is 2. The largest absolute Gasteiger partial charge is 0.449 e. The van der Waals surface area contributed by atoms with Crippen LogP contribution in [0.15, 0.2) is 24.3 Å². The zero-order valence-corrected chi connectivity index (χ0v) is 14.6. The van der Waals surface area contributed by atoms with Crippen LogP contribution in [-0.2, 0) is 9.47 Å². The summed E-state index contributed by atoms with van der Waals surface area (Å²) in [7, 11) is 0. The molecule has 0 radical (unpaired) electrons. The molecule has 0 aliphatic heterocycles. The lowest BCUT2D eigenvalue weighted by Gasteiger charge is -2.25. The van der Waals surface area contributed by atoms with Crippen LogP contribution in [0.4, 0.5) is 15.3 Å². The van der Waals surface area contributed by atoms with Crippen molar-refractivity contribution in [1.82, 2.24) is 5.32 Å². The molecule has 0 bridgehead atoms. The van der Waals surface area contributed by atoms with Crippen LogP contribution >= 0.6 is 11.6 Å². The molecular weight excluding hydrogens is 320 g/mol. The first-order chi connectivity index (χ1) is 10.7. The molecule has 0 saturated carbocycles. The molecule has 0 aliphatic rings.